The summed E-state index contributed by atoms with van der Waals surface area (Å²) in [6.07, 6.45) is 7.95. The van der Waals surface area contributed by atoms with Crippen molar-refractivity contribution in [3.8, 4) is 18.1 Å². The molecule has 0 amide bonds. The number of nitrogens with one attached hydrogen (secondary N) is 3. The zero-order valence-corrected chi connectivity index (χ0v) is 12.2. The lowest BCUT2D eigenvalue weighted by atomic mass is 9.99. The third-order valence-electron chi connectivity index (χ3n) is 3.97. The van der Waals surface area contributed by atoms with Gasteiger partial charge in [-0.2, -0.15) is 5.10 Å². The lowest BCUT2D eigenvalue weighted by Crippen LogP contribution is -2.30. The maximum absolute atomic E-state index is 5.95. The van der Waals surface area contributed by atoms with Gasteiger partial charge in [0, 0.05) is 18.7 Å². The molecule has 0 unspecified atom stereocenters. The molecule has 110 valence electrons. The van der Waals surface area contributed by atoms with Gasteiger partial charge in [-0.05, 0) is 37.9 Å². The second kappa shape index (κ2) is 6.06. The standard InChI is InChI=1S/C16H20N4O/c1-3-12-8-13(21-10-11-4-6-18-7-5-11)9-14-15(12)16(17-2)20-19-14/h1,8-9,11,18H,4-7,10H2,2H3,(H2,17,19,20). The van der Waals surface area contributed by atoms with Crippen LogP contribution in [0.4, 0.5) is 5.82 Å². The Bertz CT molecular complexity index is 665. The van der Waals surface area contributed by atoms with Crippen LogP contribution in [-0.2, 0) is 0 Å². The molecule has 21 heavy (non-hydrogen) atoms. The Labute approximate surface area is 124 Å². The highest BCUT2D eigenvalue weighted by Gasteiger charge is 2.15. The van der Waals surface area contributed by atoms with Gasteiger partial charge in [0.05, 0.1) is 17.5 Å². The summed E-state index contributed by atoms with van der Waals surface area (Å²) in [4.78, 5) is 0. The molecule has 0 spiro atoms. The van der Waals surface area contributed by atoms with Crippen molar-refractivity contribution in [3.63, 3.8) is 0 Å². The number of anilines is 1. The Balaban J connectivity index is 1.81. The van der Waals surface area contributed by atoms with Crippen LogP contribution < -0.4 is 15.4 Å². The zero-order valence-electron chi connectivity index (χ0n) is 12.2. The van der Waals surface area contributed by atoms with Gasteiger partial charge < -0.3 is 15.4 Å². The smallest absolute Gasteiger partial charge is 0.156 e. The summed E-state index contributed by atoms with van der Waals surface area (Å²) in [7, 11) is 1.83. The maximum atomic E-state index is 5.95. The Morgan fingerprint density at radius 1 is 1.43 bits per heavy atom. The molecule has 3 N–H and O–H groups in total. The number of aromatic nitrogens is 2. The number of H-pyrrole nitrogens is 1. The van der Waals surface area contributed by atoms with E-state index in [1.165, 1.54) is 0 Å². The van der Waals surface area contributed by atoms with Gasteiger partial charge in [0.1, 0.15) is 5.75 Å². The van der Waals surface area contributed by atoms with Gasteiger partial charge in [0.2, 0.25) is 0 Å². The van der Waals surface area contributed by atoms with E-state index in [0.29, 0.717) is 5.92 Å². The molecule has 2 aromatic rings. The van der Waals surface area contributed by atoms with Crippen LogP contribution in [0.1, 0.15) is 18.4 Å². The molecule has 5 heteroatoms. The number of terminal acetylenes is 1. The third kappa shape index (κ3) is 2.81. The van der Waals surface area contributed by atoms with E-state index < -0.39 is 0 Å². The number of fused-ring (bicyclic) bond motifs is 1. The number of benzene rings is 1. The summed E-state index contributed by atoms with van der Waals surface area (Å²) in [6.45, 7) is 2.90. The molecule has 2 heterocycles. The van der Waals surface area contributed by atoms with Gasteiger partial charge in [0.25, 0.3) is 0 Å². The SMILES string of the molecule is C#Cc1cc(OCC2CCNCC2)cc2[nH]nc(NC)c12. The van der Waals surface area contributed by atoms with Gasteiger partial charge in [0.15, 0.2) is 5.82 Å². The van der Waals surface area contributed by atoms with Crippen molar-refractivity contribution in [2.24, 2.45) is 5.92 Å². The quantitative estimate of drug-likeness (QED) is 0.751. The Morgan fingerprint density at radius 2 is 2.24 bits per heavy atom. The average Bonchev–Trinajstić information content (AvgIpc) is 2.96. The van der Waals surface area contributed by atoms with Crippen molar-refractivity contribution >= 4 is 16.7 Å². The molecule has 0 bridgehead atoms. The number of rotatable bonds is 4. The van der Waals surface area contributed by atoms with Crippen LogP contribution in [0.15, 0.2) is 12.1 Å². The number of hydrogen-bond acceptors (Lipinski definition) is 4. The van der Waals surface area contributed by atoms with Crippen molar-refractivity contribution in [1.82, 2.24) is 15.5 Å². The van der Waals surface area contributed by atoms with E-state index in [-0.39, 0.29) is 0 Å². The molecule has 1 aliphatic rings. The zero-order chi connectivity index (χ0) is 14.7. The molecule has 0 radical (unpaired) electrons. The van der Waals surface area contributed by atoms with Gasteiger partial charge in [-0.1, -0.05) is 5.92 Å². The molecule has 5 nitrogen and oxygen atoms in total. The number of nitrogens with zero attached hydrogens (tertiary/aromatic N) is 1. The van der Waals surface area contributed by atoms with Crippen molar-refractivity contribution in [2.45, 2.75) is 12.8 Å². The van der Waals surface area contributed by atoms with E-state index in [9.17, 15) is 0 Å². The molecule has 1 aromatic carbocycles. The summed E-state index contributed by atoms with van der Waals surface area (Å²) in [5.74, 6) is 4.91. The lowest BCUT2D eigenvalue weighted by molar-refractivity contribution is 0.215. The maximum Gasteiger partial charge on any atom is 0.156 e. The molecule has 0 aliphatic carbocycles. The van der Waals surface area contributed by atoms with Crippen molar-refractivity contribution < 1.29 is 4.74 Å². The number of hydrogen-bond donors (Lipinski definition) is 3. The van der Waals surface area contributed by atoms with Crippen LogP contribution in [0, 0.1) is 18.3 Å². The van der Waals surface area contributed by atoms with Crippen LogP contribution in [0.2, 0.25) is 0 Å². The van der Waals surface area contributed by atoms with Gasteiger partial charge in [-0.15, -0.1) is 6.42 Å². The van der Waals surface area contributed by atoms with E-state index in [0.717, 1.165) is 60.6 Å². The van der Waals surface area contributed by atoms with Crippen LogP contribution in [-0.4, -0.2) is 36.9 Å². The van der Waals surface area contributed by atoms with Gasteiger partial charge in [-0.25, -0.2) is 0 Å². The highest BCUT2D eigenvalue weighted by Crippen LogP contribution is 2.29. The minimum Gasteiger partial charge on any atom is -0.493 e. The average molecular weight is 284 g/mol. The Kier molecular flexibility index (Phi) is 3.98. The fourth-order valence-electron chi connectivity index (χ4n) is 2.77. The van der Waals surface area contributed by atoms with Crippen LogP contribution in [0.3, 0.4) is 0 Å². The predicted octanol–water partition coefficient (Wildman–Crippen LogP) is 1.96. The highest BCUT2D eigenvalue weighted by atomic mass is 16.5. The summed E-state index contributed by atoms with van der Waals surface area (Å²) < 4.78 is 5.95. The second-order valence-electron chi connectivity index (χ2n) is 5.36. The number of aromatic amines is 1. The Hall–Kier alpha value is -2.19. The summed E-state index contributed by atoms with van der Waals surface area (Å²) in [5, 5.41) is 14.6. The first kappa shape index (κ1) is 13.8. The van der Waals surface area contributed by atoms with E-state index in [1.54, 1.807) is 0 Å². The van der Waals surface area contributed by atoms with Crippen LogP contribution in [0.25, 0.3) is 10.9 Å². The molecule has 1 fully saturated rings. The topological polar surface area (TPSA) is 62.0 Å². The fourth-order valence-corrected chi connectivity index (χ4v) is 2.77. The van der Waals surface area contributed by atoms with E-state index in [4.69, 9.17) is 11.2 Å². The summed E-state index contributed by atoms with van der Waals surface area (Å²) >= 11 is 0. The monoisotopic (exact) mass is 284 g/mol. The Morgan fingerprint density at radius 3 is 2.95 bits per heavy atom. The van der Waals surface area contributed by atoms with Crippen molar-refractivity contribution in [2.75, 3.05) is 32.1 Å². The van der Waals surface area contributed by atoms with E-state index in [1.807, 2.05) is 19.2 Å². The van der Waals surface area contributed by atoms with Crippen molar-refractivity contribution in [1.29, 1.82) is 0 Å². The van der Waals surface area contributed by atoms with Crippen molar-refractivity contribution in [3.05, 3.63) is 17.7 Å². The van der Waals surface area contributed by atoms with E-state index in [2.05, 4.69) is 26.8 Å². The molecule has 0 atom stereocenters. The first-order chi connectivity index (χ1) is 10.3. The number of piperidine rings is 1. The van der Waals surface area contributed by atoms with Gasteiger partial charge in [-0.3, -0.25) is 5.10 Å². The first-order valence-electron chi connectivity index (χ1n) is 7.32. The van der Waals surface area contributed by atoms with Gasteiger partial charge >= 0.3 is 0 Å². The molecular formula is C16H20N4O. The first-order valence-corrected chi connectivity index (χ1v) is 7.32. The molecule has 3 rings (SSSR count). The lowest BCUT2D eigenvalue weighted by Gasteiger charge is -2.22. The van der Waals surface area contributed by atoms with E-state index >= 15 is 0 Å². The second-order valence-corrected chi connectivity index (χ2v) is 5.36. The summed E-state index contributed by atoms with van der Waals surface area (Å²) in [5.41, 5.74) is 1.70. The molecule has 0 saturated carbocycles. The van der Waals surface area contributed by atoms with Crippen LogP contribution in [0.5, 0.6) is 5.75 Å². The molecule has 1 saturated heterocycles. The summed E-state index contributed by atoms with van der Waals surface area (Å²) in [6, 6.07) is 3.88. The largest absolute Gasteiger partial charge is 0.493 e. The predicted molar refractivity (Wildman–Crippen MR) is 84.7 cm³/mol. The third-order valence-corrected chi connectivity index (χ3v) is 3.97. The highest BCUT2D eigenvalue weighted by molar-refractivity contribution is 5.95. The molecule has 1 aliphatic heterocycles. The van der Waals surface area contributed by atoms with Crippen LogP contribution >= 0.6 is 0 Å². The minimum absolute atomic E-state index is 0.617. The normalized spacial score (nSPS) is 15.8. The molecular weight excluding hydrogens is 264 g/mol. The minimum atomic E-state index is 0.617. The molecule has 1 aromatic heterocycles. The number of ether oxygens (including phenoxy) is 1. The fraction of sp³-hybridized carbons (Fsp3) is 0.438.